The van der Waals surface area contributed by atoms with E-state index in [1.54, 1.807) is 0 Å². The Balaban J connectivity index is 1.45. The molecule has 0 saturated carbocycles. The van der Waals surface area contributed by atoms with E-state index < -0.39 is 0 Å². The minimum atomic E-state index is -0.322. The highest BCUT2D eigenvalue weighted by Crippen LogP contribution is 2.62. The van der Waals surface area contributed by atoms with Crippen LogP contribution in [-0.4, -0.2) is 4.68 Å². The van der Waals surface area contributed by atoms with Crippen LogP contribution >= 0.6 is 0 Å². The molecular formula is C36H27N2+. The summed E-state index contributed by atoms with van der Waals surface area (Å²) >= 11 is 0. The highest BCUT2D eigenvalue weighted by molar-refractivity contribution is 5.95. The summed E-state index contributed by atoms with van der Waals surface area (Å²) in [5, 5.41) is 0. The van der Waals surface area contributed by atoms with Crippen molar-refractivity contribution in [2.45, 2.75) is 12.3 Å². The van der Waals surface area contributed by atoms with Crippen LogP contribution in [0, 0.1) is 6.92 Å². The van der Waals surface area contributed by atoms with E-state index in [2.05, 4.69) is 151 Å². The van der Waals surface area contributed by atoms with Crippen molar-refractivity contribution in [2.24, 2.45) is 7.05 Å². The van der Waals surface area contributed by atoms with Gasteiger partial charge in [0.25, 0.3) is 0 Å². The van der Waals surface area contributed by atoms with Gasteiger partial charge in [-0.15, -0.1) is 9.36 Å². The number of aryl methyl sites for hydroxylation is 2. The van der Waals surface area contributed by atoms with E-state index in [1.807, 2.05) is 0 Å². The SMILES string of the molecule is Cc1ccccc1-n1c(-c2ccc3c(c2)C2(c4ccccc4-c4ccccc42)c2ccccc2-3)cc[n+]1C. The topological polar surface area (TPSA) is 8.81 Å². The number of benzene rings is 5. The van der Waals surface area contributed by atoms with Crippen molar-refractivity contribution in [3.8, 4) is 39.2 Å². The lowest BCUT2D eigenvalue weighted by molar-refractivity contribution is -0.743. The first-order valence-corrected chi connectivity index (χ1v) is 13.3. The standard InChI is InChI=1S/C36H27N2/c1-24-11-3-10-18-34(24)38-35(21-22-37(38)2)25-19-20-29-28-14-6-9-17-32(28)36(33(29)23-25)30-15-7-4-12-26(30)27-13-5-8-16-31(27)36/h3-23H,1-2H3/q+1. The molecule has 2 aliphatic rings. The van der Waals surface area contributed by atoms with Crippen molar-refractivity contribution in [2.75, 3.05) is 0 Å². The number of hydrogen-bond acceptors (Lipinski definition) is 0. The summed E-state index contributed by atoms with van der Waals surface area (Å²) in [6, 6.07) is 44.9. The van der Waals surface area contributed by atoms with Gasteiger partial charge in [0.1, 0.15) is 11.4 Å². The lowest BCUT2D eigenvalue weighted by Gasteiger charge is -2.30. The van der Waals surface area contributed by atoms with Crippen LogP contribution < -0.4 is 4.68 Å². The zero-order valence-corrected chi connectivity index (χ0v) is 21.5. The molecule has 0 amide bonds. The molecule has 2 aliphatic carbocycles. The molecule has 0 bridgehead atoms. The molecule has 0 saturated heterocycles. The largest absolute Gasteiger partial charge is 0.196 e. The summed E-state index contributed by atoms with van der Waals surface area (Å²) in [6.45, 7) is 2.18. The van der Waals surface area contributed by atoms with Crippen molar-refractivity contribution >= 4 is 0 Å². The highest BCUT2D eigenvalue weighted by Gasteiger charge is 2.51. The second-order valence-corrected chi connectivity index (χ2v) is 10.5. The maximum atomic E-state index is 2.46. The number of hydrogen-bond donors (Lipinski definition) is 0. The maximum absolute atomic E-state index is 2.46. The quantitative estimate of drug-likeness (QED) is 0.222. The van der Waals surface area contributed by atoms with Crippen molar-refractivity contribution < 1.29 is 4.68 Å². The molecule has 1 aromatic heterocycles. The van der Waals surface area contributed by atoms with Gasteiger partial charge in [0.05, 0.1) is 5.41 Å². The molecule has 0 radical (unpaired) electrons. The lowest BCUT2D eigenvalue weighted by Crippen LogP contribution is -2.37. The van der Waals surface area contributed by atoms with Gasteiger partial charge < -0.3 is 0 Å². The first kappa shape index (κ1) is 21.4. The Labute approximate surface area is 223 Å². The van der Waals surface area contributed by atoms with Crippen molar-refractivity contribution in [1.82, 2.24) is 4.68 Å². The van der Waals surface area contributed by atoms with Crippen molar-refractivity contribution in [1.29, 1.82) is 0 Å². The van der Waals surface area contributed by atoms with Gasteiger partial charge in [-0.3, -0.25) is 0 Å². The molecule has 0 aliphatic heterocycles. The van der Waals surface area contributed by atoms with E-state index in [0.717, 1.165) is 0 Å². The Bertz CT molecular complexity index is 1840. The number of nitrogens with zero attached hydrogens (tertiary/aromatic N) is 2. The van der Waals surface area contributed by atoms with E-state index in [4.69, 9.17) is 0 Å². The lowest BCUT2D eigenvalue weighted by atomic mass is 9.70. The van der Waals surface area contributed by atoms with Gasteiger partial charge in [0.2, 0.25) is 0 Å². The average molecular weight is 488 g/mol. The number of para-hydroxylation sites is 1. The van der Waals surface area contributed by atoms with Crippen LogP contribution in [0.25, 0.3) is 39.2 Å². The third kappa shape index (κ3) is 2.59. The van der Waals surface area contributed by atoms with E-state index in [-0.39, 0.29) is 5.41 Å². The van der Waals surface area contributed by atoms with E-state index in [0.29, 0.717) is 0 Å². The molecule has 6 aromatic rings. The molecule has 8 rings (SSSR count). The van der Waals surface area contributed by atoms with Gasteiger partial charge in [0, 0.05) is 11.6 Å². The second kappa shape index (κ2) is 7.66. The molecule has 0 N–H and O–H groups in total. The predicted octanol–water partition coefficient (Wildman–Crippen LogP) is 7.62. The summed E-state index contributed by atoms with van der Waals surface area (Å²) in [6.07, 6.45) is 2.15. The zero-order chi connectivity index (χ0) is 25.4. The van der Waals surface area contributed by atoms with Gasteiger partial charge in [-0.05, 0) is 69.1 Å². The normalized spacial score (nSPS) is 13.7. The average Bonchev–Trinajstić information content (AvgIpc) is 3.59. The van der Waals surface area contributed by atoms with Gasteiger partial charge >= 0.3 is 0 Å². The Hall–Kier alpha value is -4.69. The molecule has 1 spiro atoms. The predicted molar refractivity (Wildman–Crippen MR) is 153 cm³/mol. The van der Waals surface area contributed by atoms with Crippen LogP contribution in [0.4, 0.5) is 0 Å². The highest BCUT2D eigenvalue weighted by atomic mass is 15.4. The van der Waals surface area contributed by atoms with Gasteiger partial charge in [-0.2, -0.15) is 0 Å². The summed E-state index contributed by atoms with van der Waals surface area (Å²) in [4.78, 5) is 0. The minimum absolute atomic E-state index is 0.322. The zero-order valence-electron chi connectivity index (χ0n) is 21.5. The number of rotatable bonds is 2. The summed E-state index contributed by atoms with van der Waals surface area (Å²) in [7, 11) is 2.12. The van der Waals surface area contributed by atoms with Gasteiger partial charge in [-0.1, -0.05) is 103 Å². The van der Waals surface area contributed by atoms with Crippen molar-refractivity contribution in [3.05, 3.63) is 155 Å². The first-order chi connectivity index (χ1) is 18.7. The first-order valence-electron chi connectivity index (χ1n) is 13.3. The minimum Gasteiger partial charge on any atom is -0.121 e. The number of aromatic nitrogens is 2. The fraction of sp³-hybridized carbons (Fsp3) is 0.0833. The Kier molecular flexibility index (Phi) is 4.31. The van der Waals surface area contributed by atoms with Crippen LogP contribution in [-0.2, 0) is 12.5 Å². The molecule has 0 unspecified atom stereocenters. The smallest absolute Gasteiger partial charge is 0.121 e. The van der Waals surface area contributed by atoms with Crippen LogP contribution in [0.2, 0.25) is 0 Å². The maximum Gasteiger partial charge on any atom is 0.196 e. The molecule has 38 heavy (non-hydrogen) atoms. The summed E-state index contributed by atoms with van der Waals surface area (Å²) in [5.41, 5.74) is 15.4. The van der Waals surface area contributed by atoms with E-state index in [1.165, 1.54) is 67.0 Å². The Morgan fingerprint density at radius 3 is 1.68 bits per heavy atom. The van der Waals surface area contributed by atoms with Gasteiger partial charge in [0.15, 0.2) is 13.2 Å². The fourth-order valence-electron chi connectivity index (χ4n) is 7.06. The van der Waals surface area contributed by atoms with Crippen LogP contribution in [0.3, 0.4) is 0 Å². The molecule has 180 valence electrons. The fourth-order valence-corrected chi connectivity index (χ4v) is 7.06. The molecule has 2 nitrogen and oxygen atoms in total. The molecule has 0 fully saturated rings. The van der Waals surface area contributed by atoms with Crippen LogP contribution in [0.15, 0.2) is 128 Å². The van der Waals surface area contributed by atoms with Gasteiger partial charge in [-0.25, -0.2) is 0 Å². The monoisotopic (exact) mass is 487 g/mol. The molecule has 0 atom stereocenters. The Morgan fingerprint density at radius 1 is 0.553 bits per heavy atom. The third-order valence-corrected chi connectivity index (χ3v) is 8.63. The molecule has 1 heterocycles. The van der Waals surface area contributed by atoms with Crippen LogP contribution in [0.1, 0.15) is 27.8 Å². The van der Waals surface area contributed by atoms with E-state index in [9.17, 15) is 0 Å². The molecule has 5 aromatic carbocycles. The molecule has 2 heteroatoms. The van der Waals surface area contributed by atoms with Crippen LogP contribution in [0.5, 0.6) is 0 Å². The summed E-state index contributed by atoms with van der Waals surface area (Å²) < 4.78 is 4.50. The third-order valence-electron chi connectivity index (χ3n) is 8.63. The number of fused-ring (bicyclic) bond motifs is 10. The molecular weight excluding hydrogens is 460 g/mol. The van der Waals surface area contributed by atoms with Crippen molar-refractivity contribution in [3.63, 3.8) is 0 Å². The summed E-state index contributed by atoms with van der Waals surface area (Å²) in [5.74, 6) is 0. The van der Waals surface area contributed by atoms with E-state index >= 15 is 0 Å². The Morgan fingerprint density at radius 2 is 1.08 bits per heavy atom. The second-order valence-electron chi connectivity index (χ2n) is 10.5.